The Morgan fingerprint density at radius 2 is 1.64 bits per heavy atom. The quantitative estimate of drug-likeness (QED) is 0.734. The van der Waals surface area contributed by atoms with Crippen LogP contribution in [0.3, 0.4) is 0 Å². The molecule has 0 aromatic rings. The van der Waals surface area contributed by atoms with Crippen LogP contribution < -0.4 is 5.73 Å². The van der Waals surface area contributed by atoms with E-state index in [9.17, 15) is 5.11 Å². The first-order chi connectivity index (χ1) is 6.69. The second-order valence-electron chi connectivity index (χ2n) is 4.77. The van der Waals surface area contributed by atoms with Gasteiger partial charge in [-0.1, -0.05) is 45.4 Å². The molecule has 0 bridgehead atoms. The van der Waals surface area contributed by atoms with Crippen molar-refractivity contribution in [2.75, 3.05) is 0 Å². The van der Waals surface area contributed by atoms with E-state index in [1.54, 1.807) is 0 Å². The van der Waals surface area contributed by atoms with Gasteiger partial charge in [-0.2, -0.15) is 0 Å². The summed E-state index contributed by atoms with van der Waals surface area (Å²) in [5.41, 5.74) is 5.50. The van der Waals surface area contributed by atoms with Crippen molar-refractivity contribution in [1.82, 2.24) is 0 Å². The first kappa shape index (κ1) is 12.0. The molecule has 1 aliphatic rings. The van der Waals surface area contributed by atoms with Crippen LogP contribution in [-0.2, 0) is 0 Å². The van der Waals surface area contributed by atoms with Crippen molar-refractivity contribution in [2.24, 2.45) is 5.73 Å². The van der Waals surface area contributed by atoms with E-state index < -0.39 is 5.60 Å². The molecule has 1 unspecified atom stereocenters. The van der Waals surface area contributed by atoms with Crippen LogP contribution in [0.4, 0.5) is 0 Å². The van der Waals surface area contributed by atoms with E-state index in [0.717, 1.165) is 38.5 Å². The van der Waals surface area contributed by atoms with Crippen molar-refractivity contribution in [1.29, 1.82) is 0 Å². The average molecular weight is 199 g/mol. The maximum Gasteiger partial charge on any atom is 0.0797 e. The molecule has 0 saturated heterocycles. The van der Waals surface area contributed by atoms with E-state index in [4.69, 9.17) is 5.73 Å². The Morgan fingerprint density at radius 3 is 2.14 bits per heavy atom. The highest BCUT2D eigenvalue weighted by Crippen LogP contribution is 2.29. The van der Waals surface area contributed by atoms with E-state index >= 15 is 0 Å². The van der Waals surface area contributed by atoms with Crippen molar-refractivity contribution in [3.05, 3.63) is 0 Å². The van der Waals surface area contributed by atoms with Gasteiger partial charge < -0.3 is 10.8 Å². The molecule has 0 aliphatic heterocycles. The predicted molar refractivity (Wildman–Crippen MR) is 60.2 cm³/mol. The second kappa shape index (κ2) is 5.72. The lowest BCUT2D eigenvalue weighted by Crippen LogP contribution is -2.48. The zero-order valence-electron chi connectivity index (χ0n) is 9.47. The first-order valence-corrected chi connectivity index (χ1v) is 6.17. The van der Waals surface area contributed by atoms with Crippen LogP contribution >= 0.6 is 0 Å². The number of rotatable bonds is 3. The topological polar surface area (TPSA) is 46.2 Å². The molecule has 2 nitrogen and oxygen atoms in total. The first-order valence-electron chi connectivity index (χ1n) is 6.17. The van der Waals surface area contributed by atoms with Gasteiger partial charge in [0.05, 0.1) is 5.60 Å². The molecule has 1 rings (SSSR count). The van der Waals surface area contributed by atoms with Crippen LogP contribution in [0.2, 0.25) is 0 Å². The maximum atomic E-state index is 10.5. The Morgan fingerprint density at radius 1 is 1.14 bits per heavy atom. The third-order valence-electron chi connectivity index (χ3n) is 3.51. The van der Waals surface area contributed by atoms with Gasteiger partial charge in [-0.25, -0.2) is 0 Å². The van der Waals surface area contributed by atoms with Gasteiger partial charge in [-0.05, 0) is 19.3 Å². The van der Waals surface area contributed by atoms with Crippen LogP contribution in [0.5, 0.6) is 0 Å². The summed E-state index contributed by atoms with van der Waals surface area (Å²) in [6.07, 6.45) is 10.0. The van der Waals surface area contributed by atoms with Crippen molar-refractivity contribution in [3.8, 4) is 0 Å². The summed E-state index contributed by atoms with van der Waals surface area (Å²) in [5, 5.41) is 10.5. The smallest absolute Gasteiger partial charge is 0.0797 e. The standard InChI is InChI=1S/C12H25NO/c1-2-8-11(13)12(14)9-6-4-3-5-7-10-12/h11,14H,2-10,13H2,1H3. The molecule has 3 N–H and O–H groups in total. The zero-order valence-corrected chi connectivity index (χ0v) is 9.47. The SMILES string of the molecule is CCCC(N)C1(O)CCCCCCC1. The van der Waals surface area contributed by atoms with Gasteiger partial charge in [0.15, 0.2) is 0 Å². The van der Waals surface area contributed by atoms with Crippen molar-refractivity contribution in [2.45, 2.75) is 76.4 Å². The lowest BCUT2D eigenvalue weighted by atomic mass is 9.80. The molecule has 0 aromatic heterocycles. The van der Waals surface area contributed by atoms with Gasteiger partial charge in [-0.15, -0.1) is 0 Å². The molecule has 14 heavy (non-hydrogen) atoms. The molecule has 1 saturated carbocycles. The van der Waals surface area contributed by atoms with Crippen LogP contribution in [-0.4, -0.2) is 16.7 Å². The fourth-order valence-corrected chi connectivity index (χ4v) is 2.47. The van der Waals surface area contributed by atoms with E-state index in [1.807, 2.05) is 0 Å². The van der Waals surface area contributed by atoms with Gasteiger partial charge in [0.2, 0.25) is 0 Å². The molecule has 84 valence electrons. The maximum absolute atomic E-state index is 10.5. The minimum atomic E-state index is -0.559. The Balaban J connectivity index is 2.49. The minimum Gasteiger partial charge on any atom is -0.388 e. The number of aliphatic hydroxyl groups is 1. The molecule has 0 radical (unpaired) electrons. The van der Waals surface area contributed by atoms with Gasteiger partial charge in [0, 0.05) is 6.04 Å². The molecular formula is C12H25NO. The fourth-order valence-electron chi connectivity index (χ4n) is 2.47. The van der Waals surface area contributed by atoms with Crippen molar-refractivity contribution >= 4 is 0 Å². The summed E-state index contributed by atoms with van der Waals surface area (Å²) in [4.78, 5) is 0. The van der Waals surface area contributed by atoms with Gasteiger partial charge in [-0.3, -0.25) is 0 Å². The van der Waals surface area contributed by atoms with Gasteiger partial charge in [0.1, 0.15) is 0 Å². The highest BCUT2D eigenvalue weighted by Gasteiger charge is 2.33. The molecule has 1 aliphatic carbocycles. The zero-order chi connectivity index (χ0) is 10.4. The van der Waals surface area contributed by atoms with E-state index in [0.29, 0.717) is 0 Å². The Labute approximate surface area is 87.9 Å². The van der Waals surface area contributed by atoms with E-state index in [2.05, 4.69) is 6.92 Å². The molecule has 0 amide bonds. The van der Waals surface area contributed by atoms with Crippen LogP contribution in [0.15, 0.2) is 0 Å². The molecular weight excluding hydrogens is 174 g/mol. The summed E-state index contributed by atoms with van der Waals surface area (Å²) in [7, 11) is 0. The van der Waals surface area contributed by atoms with Crippen LogP contribution in [0.1, 0.15) is 64.7 Å². The largest absolute Gasteiger partial charge is 0.388 e. The molecule has 0 aromatic carbocycles. The predicted octanol–water partition coefficient (Wildman–Crippen LogP) is 2.59. The normalized spacial score (nSPS) is 25.1. The molecule has 1 fully saturated rings. The number of nitrogens with two attached hydrogens (primary N) is 1. The number of hydrogen-bond acceptors (Lipinski definition) is 2. The lowest BCUT2D eigenvalue weighted by molar-refractivity contribution is -0.0125. The minimum absolute atomic E-state index is 0.00870. The van der Waals surface area contributed by atoms with Crippen LogP contribution in [0.25, 0.3) is 0 Å². The summed E-state index contributed by atoms with van der Waals surface area (Å²) >= 11 is 0. The summed E-state index contributed by atoms with van der Waals surface area (Å²) < 4.78 is 0. The summed E-state index contributed by atoms with van der Waals surface area (Å²) in [6, 6.07) is -0.00870. The average Bonchev–Trinajstić information content (AvgIpc) is 2.12. The molecule has 2 heteroatoms. The van der Waals surface area contributed by atoms with Crippen LogP contribution in [0, 0.1) is 0 Å². The fraction of sp³-hybridized carbons (Fsp3) is 1.00. The van der Waals surface area contributed by atoms with Crippen molar-refractivity contribution in [3.63, 3.8) is 0 Å². The third-order valence-corrected chi connectivity index (χ3v) is 3.51. The Kier molecular flexibility index (Phi) is 4.90. The molecule has 0 heterocycles. The Bertz CT molecular complexity index is 150. The molecule has 0 spiro atoms. The highest BCUT2D eigenvalue weighted by molar-refractivity contribution is 4.89. The number of hydrogen-bond donors (Lipinski definition) is 2. The monoisotopic (exact) mass is 199 g/mol. The highest BCUT2D eigenvalue weighted by atomic mass is 16.3. The lowest BCUT2D eigenvalue weighted by Gasteiger charge is -2.35. The van der Waals surface area contributed by atoms with Gasteiger partial charge in [0.25, 0.3) is 0 Å². The summed E-state index contributed by atoms with van der Waals surface area (Å²) in [6.45, 7) is 2.13. The third kappa shape index (κ3) is 3.25. The van der Waals surface area contributed by atoms with Crippen molar-refractivity contribution < 1.29 is 5.11 Å². The molecule has 1 atom stereocenters. The van der Waals surface area contributed by atoms with E-state index in [1.165, 1.54) is 19.3 Å². The van der Waals surface area contributed by atoms with E-state index in [-0.39, 0.29) is 6.04 Å². The second-order valence-corrected chi connectivity index (χ2v) is 4.77. The van der Waals surface area contributed by atoms with Gasteiger partial charge >= 0.3 is 0 Å². The summed E-state index contributed by atoms with van der Waals surface area (Å²) in [5.74, 6) is 0. The Hall–Kier alpha value is -0.0800.